The van der Waals surface area contributed by atoms with Crippen LogP contribution in [0, 0.1) is 6.92 Å². The lowest BCUT2D eigenvalue weighted by Crippen LogP contribution is -1.96. The fourth-order valence-corrected chi connectivity index (χ4v) is 2.52. The second-order valence-electron chi connectivity index (χ2n) is 5.09. The molecule has 0 unspecified atom stereocenters. The fourth-order valence-electron chi connectivity index (χ4n) is 2.52. The molecule has 0 spiro atoms. The predicted octanol–water partition coefficient (Wildman–Crippen LogP) is 2.14. The monoisotopic (exact) mass is 303 g/mol. The molecule has 2 N–H and O–H groups in total. The highest BCUT2D eigenvalue weighted by atomic mass is 15.2. The molecule has 4 aromatic heterocycles. The number of aryl methyl sites for hydroxylation is 1. The Kier molecular flexibility index (Phi) is 2.97. The van der Waals surface area contributed by atoms with Crippen molar-refractivity contribution in [2.24, 2.45) is 0 Å². The maximum atomic E-state index is 5.74. The first-order valence-corrected chi connectivity index (χ1v) is 7.07. The van der Waals surface area contributed by atoms with Crippen molar-refractivity contribution in [3.8, 4) is 22.6 Å². The molecule has 7 nitrogen and oxygen atoms in total. The predicted molar refractivity (Wildman–Crippen MR) is 86.4 cm³/mol. The van der Waals surface area contributed by atoms with Gasteiger partial charge in [-0.1, -0.05) is 6.07 Å². The summed E-state index contributed by atoms with van der Waals surface area (Å²) in [6.45, 7) is 1.95. The molecule has 0 aliphatic carbocycles. The van der Waals surface area contributed by atoms with Gasteiger partial charge in [0.05, 0.1) is 28.7 Å². The molecule has 112 valence electrons. The van der Waals surface area contributed by atoms with Gasteiger partial charge < -0.3 is 5.73 Å². The number of hydrogen-bond acceptors (Lipinski definition) is 6. The van der Waals surface area contributed by atoms with Crippen molar-refractivity contribution in [1.29, 1.82) is 0 Å². The van der Waals surface area contributed by atoms with E-state index in [1.807, 2.05) is 25.1 Å². The number of hydrogen-bond donors (Lipinski definition) is 1. The molecule has 7 heteroatoms. The molecule has 0 aliphatic heterocycles. The normalized spacial score (nSPS) is 11.0. The van der Waals surface area contributed by atoms with Gasteiger partial charge in [-0.05, 0) is 25.1 Å². The molecule has 0 aromatic carbocycles. The fraction of sp³-hybridized carbons (Fsp3) is 0.0625. The largest absolute Gasteiger partial charge is 0.368 e. The summed E-state index contributed by atoms with van der Waals surface area (Å²) in [5.74, 6) is 0.217. The molecule has 0 radical (unpaired) electrons. The zero-order chi connectivity index (χ0) is 15.8. The van der Waals surface area contributed by atoms with E-state index in [9.17, 15) is 0 Å². The Morgan fingerprint density at radius 2 is 1.96 bits per heavy atom. The van der Waals surface area contributed by atoms with Crippen LogP contribution in [0.1, 0.15) is 5.69 Å². The van der Waals surface area contributed by atoms with Crippen LogP contribution in [0.4, 0.5) is 5.95 Å². The SMILES string of the molecule is Cc1cccc(-c2nn3ccncc3c2-c2ccnc(N)n2)n1. The molecule has 4 aromatic rings. The highest BCUT2D eigenvalue weighted by Gasteiger charge is 2.18. The average molecular weight is 303 g/mol. The van der Waals surface area contributed by atoms with Gasteiger partial charge in [0.1, 0.15) is 5.69 Å². The highest BCUT2D eigenvalue weighted by Crippen LogP contribution is 2.32. The molecular formula is C16H13N7. The van der Waals surface area contributed by atoms with Crippen LogP contribution >= 0.6 is 0 Å². The molecule has 0 saturated heterocycles. The third kappa shape index (κ3) is 2.28. The van der Waals surface area contributed by atoms with Gasteiger partial charge >= 0.3 is 0 Å². The van der Waals surface area contributed by atoms with Crippen LogP contribution in [0.2, 0.25) is 0 Å². The molecule has 4 rings (SSSR count). The first-order valence-electron chi connectivity index (χ1n) is 7.07. The lowest BCUT2D eigenvalue weighted by molar-refractivity contribution is 0.946. The second kappa shape index (κ2) is 5.13. The Balaban J connectivity index is 2.06. The second-order valence-corrected chi connectivity index (χ2v) is 5.09. The summed E-state index contributed by atoms with van der Waals surface area (Å²) in [5, 5.41) is 4.64. The van der Waals surface area contributed by atoms with Gasteiger partial charge in [-0.25, -0.2) is 14.5 Å². The van der Waals surface area contributed by atoms with Gasteiger partial charge in [-0.15, -0.1) is 0 Å². The van der Waals surface area contributed by atoms with E-state index in [1.54, 1.807) is 35.4 Å². The Morgan fingerprint density at radius 3 is 2.78 bits per heavy atom. The van der Waals surface area contributed by atoms with E-state index < -0.39 is 0 Å². The van der Waals surface area contributed by atoms with E-state index in [2.05, 4.69) is 25.0 Å². The summed E-state index contributed by atoms with van der Waals surface area (Å²) in [6, 6.07) is 7.64. The Morgan fingerprint density at radius 1 is 1.04 bits per heavy atom. The minimum atomic E-state index is 0.217. The maximum Gasteiger partial charge on any atom is 0.220 e. The average Bonchev–Trinajstić information content (AvgIpc) is 2.94. The van der Waals surface area contributed by atoms with E-state index in [-0.39, 0.29) is 5.95 Å². The van der Waals surface area contributed by atoms with Crippen molar-refractivity contribution in [1.82, 2.24) is 29.5 Å². The van der Waals surface area contributed by atoms with Gasteiger partial charge in [-0.3, -0.25) is 9.97 Å². The Labute approximate surface area is 131 Å². The molecule has 4 heterocycles. The summed E-state index contributed by atoms with van der Waals surface area (Å²) in [4.78, 5) is 17.1. The van der Waals surface area contributed by atoms with Gasteiger partial charge in [0, 0.05) is 24.3 Å². The topological polar surface area (TPSA) is 94.9 Å². The lowest BCUT2D eigenvalue weighted by Gasteiger charge is -2.03. The zero-order valence-electron chi connectivity index (χ0n) is 12.4. The standard InChI is InChI=1S/C16H13N7/c1-10-3-2-4-12(20-10)15-14(11-5-6-19-16(17)21-11)13-9-18-7-8-23(13)22-15/h2-9H,1H3,(H2,17,19,21). The summed E-state index contributed by atoms with van der Waals surface area (Å²) in [5.41, 5.74) is 10.5. The maximum absolute atomic E-state index is 5.74. The summed E-state index contributed by atoms with van der Waals surface area (Å²) < 4.78 is 1.76. The molecule has 0 amide bonds. The highest BCUT2D eigenvalue weighted by molar-refractivity contribution is 5.89. The number of nitrogens with two attached hydrogens (primary N) is 1. The van der Waals surface area contributed by atoms with Crippen molar-refractivity contribution in [2.45, 2.75) is 6.92 Å². The van der Waals surface area contributed by atoms with Crippen molar-refractivity contribution < 1.29 is 0 Å². The molecule has 0 aliphatic rings. The van der Waals surface area contributed by atoms with E-state index >= 15 is 0 Å². The molecular weight excluding hydrogens is 290 g/mol. The third-order valence-electron chi connectivity index (χ3n) is 3.50. The van der Waals surface area contributed by atoms with Crippen LogP contribution < -0.4 is 5.73 Å². The van der Waals surface area contributed by atoms with Gasteiger partial charge in [-0.2, -0.15) is 5.10 Å². The van der Waals surface area contributed by atoms with Crippen LogP contribution in [-0.4, -0.2) is 29.5 Å². The lowest BCUT2D eigenvalue weighted by atomic mass is 10.1. The first-order chi connectivity index (χ1) is 11.2. The third-order valence-corrected chi connectivity index (χ3v) is 3.50. The van der Waals surface area contributed by atoms with E-state index in [4.69, 9.17) is 5.73 Å². The van der Waals surface area contributed by atoms with E-state index in [0.717, 1.165) is 28.2 Å². The smallest absolute Gasteiger partial charge is 0.220 e. The van der Waals surface area contributed by atoms with Crippen LogP contribution in [0.15, 0.2) is 49.1 Å². The molecule has 0 atom stereocenters. The summed E-state index contributed by atoms with van der Waals surface area (Å²) in [6.07, 6.45) is 6.86. The van der Waals surface area contributed by atoms with Crippen molar-refractivity contribution in [3.05, 3.63) is 54.7 Å². The molecule has 0 bridgehead atoms. The number of nitrogen functional groups attached to an aromatic ring is 1. The zero-order valence-corrected chi connectivity index (χ0v) is 12.4. The van der Waals surface area contributed by atoms with E-state index in [1.165, 1.54) is 0 Å². The first kappa shape index (κ1) is 13.3. The van der Waals surface area contributed by atoms with E-state index in [0.29, 0.717) is 5.69 Å². The van der Waals surface area contributed by atoms with Crippen LogP contribution in [0.3, 0.4) is 0 Å². The van der Waals surface area contributed by atoms with Crippen LogP contribution in [-0.2, 0) is 0 Å². The van der Waals surface area contributed by atoms with Crippen LogP contribution in [0.25, 0.3) is 28.2 Å². The number of fused-ring (bicyclic) bond motifs is 1. The quantitative estimate of drug-likeness (QED) is 0.609. The van der Waals surface area contributed by atoms with Crippen LogP contribution in [0.5, 0.6) is 0 Å². The number of anilines is 1. The van der Waals surface area contributed by atoms with Gasteiger partial charge in [0.25, 0.3) is 0 Å². The summed E-state index contributed by atoms with van der Waals surface area (Å²) in [7, 11) is 0. The van der Waals surface area contributed by atoms with Gasteiger partial charge in [0.2, 0.25) is 5.95 Å². The minimum Gasteiger partial charge on any atom is -0.368 e. The van der Waals surface area contributed by atoms with Gasteiger partial charge in [0.15, 0.2) is 0 Å². The van der Waals surface area contributed by atoms with Crippen molar-refractivity contribution in [3.63, 3.8) is 0 Å². The number of aromatic nitrogens is 6. The molecule has 0 fully saturated rings. The number of rotatable bonds is 2. The molecule has 0 saturated carbocycles. The Bertz CT molecular complexity index is 1010. The summed E-state index contributed by atoms with van der Waals surface area (Å²) >= 11 is 0. The minimum absolute atomic E-state index is 0.217. The van der Waals surface area contributed by atoms with Crippen molar-refractivity contribution in [2.75, 3.05) is 5.73 Å². The number of nitrogens with zero attached hydrogens (tertiary/aromatic N) is 6. The molecule has 23 heavy (non-hydrogen) atoms. The number of pyridine rings is 1. The van der Waals surface area contributed by atoms with Crippen molar-refractivity contribution >= 4 is 11.5 Å². The Hall–Kier alpha value is -3.35.